The van der Waals surface area contributed by atoms with E-state index in [1.807, 2.05) is 0 Å². The van der Waals surface area contributed by atoms with Crippen LogP contribution in [0.3, 0.4) is 0 Å². The lowest BCUT2D eigenvalue weighted by molar-refractivity contribution is -0.274. The highest BCUT2D eigenvalue weighted by Crippen LogP contribution is 2.31. The number of hydrogen-bond acceptors (Lipinski definition) is 3. The number of halogens is 5. The zero-order valence-corrected chi connectivity index (χ0v) is 11.8. The van der Waals surface area contributed by atoms with Crippen LogP contribution in [0.15, 0.2) is 48.5 Å². The van der Waals surface area contributed by atoms with Crippen LogP contribution in [-0.4, -0.2) is 18.9 Å². The smallest absolute Gasteiger partial charge is 0.434 e. The van der Waals surface area contributed by atoms with Gasteiger partial charge in [0.2, 0.25) is 0 Å². The van der Waals surface area contributed by atoms with Gasteiger partial charge in [-0.1, -0.05) is 24.3 Å². The number of ether oxygens (including phenoxy) is 2. The van der Waals surface area contributed by atoms with E-state index in [-0.39, 0.29) is 11.3 Å². The number of nitrogens with one attached hydrogen (secondary N) is 1. The predicted molar refractivity (Wildman–Crippen MR) is 74.2 cm³/mol. The fourth-order valence-corrected chi connectivity index (χ4v) is 1.83. The van der Waals surface area contributed by atoms with Crippen molar-refractivity contribution in [3.63, 3.8) is 0 Å². The summed E-state index contributed by atoms with van der Waals surface area (Å²) in [7, 11) is 0. The highest BCUT2D eigenvalue weighted by molar-refractivity contribution is 6.06. The normalized spacial score (nSPS) is 11.2. The standard InChI is InChI=1S/C15H10F5NO3/c16-14(17)23-11-7-3-1-5-9(11)13(22)21-10-6-2-4-8-12(10)24-15(18,19)20/h1-8,14H,(H,21,22). The van der Waals surface area contributed by atoms with Gasteiger partial charge in [-0.05, 0) is 24.3 Å². The predicted octanol–water partition coefficient (Wildman–Crippen LogP) is 4.44. The van der Waals surface area contributed by atoms with Crippen molar-refractivity contribution in [1.29, 1.82) is 0 Å². The summed E-state index contributed by atoms with van der Waals surface area (Å²) in [5, 5.41) is 2.17. The molecule has 2 rings (SSSR count). The molecule has 0 saturated heterocycles. The molecule has 0 bridgehead atoms. The van der Waals surface area contributed by atoms with E-state index in [9.17, 15) is 26.7 Å². The number of rotatable bonds is 5. The highest BCUT2D eigenvalue weighted by Gasteiger charge is 2.32. The molecule has 0 aliphatic rings. The highest BCUT2D eigenvalue weighted by atomic mass is 19.4. The molecule has 1 amide bonds. The molecule has 4 nitrogen and oxygen atoms in total. The van der Waals surface area contributed by atoms with Gasteiger partial charge in [-0.2, -0.15) is 8.78 Å². The van der Waals surface area contributed by atoms with Crippen LogP contribution in [0, 0.1) is 0 Å². The molecule has 128 valence electrons. The van der Waals surface area contributed by atoms with Gasteiger partial charge >= 0.3 is 13.0 Å². The van der Waals surface area contributed by atoms with E-state index in [0.29, 0.717) is 0 Å². The van der Waals surface area contributed by atoms with Crippen LogP contribution in [0.4, 0.5) is 27.6 Å². The summed E-state index contributed by atoms with van der Waals surface area (Å²) in [5.41, 5.74) is -0.536. The summed E-state index contributed by atoms with van der Waals surface area (Å²) in [6.07, 6.45) is -4.95. The van der Waals surface area contributed by atoms with Crippen LogP contribution in [0.1, 0.15) is 10.4 Å². The fraction of sp³-hybridized carbons (Fsp3) is 0.133. The van der Waals surface area contributed by atoms with E-state index < -0.39 is 30.4 Å². The Morgan fingerprint density at radius 1 is 0.958 bits per heavy atom. The van der Waals surface area contributed by atoms with Crippen LogP contribution >= 0.6 is 0 Å². The van der Waals surface area contributed by atoms with E-state index in [1.165, 1.54) is 36.4 Å². The number of hydrogen-bond donors (Lipinski definition) is 1. The van der Waals surface area contributed by atoms with Gasteiger partial charge in [0.25, 0.3) is 5.91 Å². The van der Waals surface area contributed by atoms with Gasteiger partial charge in [-0.25, -0.2) is 0 Å². The monoisotopic (exact) mass is 347 g/mol. The molecule has 0 aromatic heterocycles. The molecule has 2 aromatic rings. The lowest BCUT2D eigenvalue weighted by atomic mass is 10.2. The lowest BCUT2D eigenvalue weighted by Gasteiger charge is -2.15. The largest absolute Gasteiger partial charge is 0.573 e. The Morgan fingerprint density at radius 3 is 2.17 bits per heavy atom. The first-order valence-corrected chi connectivity index (χ1v) is 6.46. The van der Waals surface area contributed by atoms with Gasteiger partial charge in [-0.3, -0.25) is 4.79 Å². The minimum atomic E-state index is -4.95. The summed E-state index contributed by atoms with van der Waals surface area (Å²) in [4.78, 5) is 12.2. The van der Waals surface area contributed by atoms with Gasteiger partial charge in [0.15, 0.2) is 5.75 Å². The first-order valence-electron chi connectivity index (χ1n) is 6.46. The first-order chi connectivity index (χ1) is 11.3. The van der Waals surface area contributed by atoms with E-state index in [4.69, 9.17) is 0 Å². The van der Waals surface area contributed by atoms with Crippen molar-refractivity contribution in [2.75, 3.05) is 5.32 Å². The molecule has 0 fully saturated rings. The van der Waals surface area contributed by atoms with Crippen molar-refractivity contribution in [2.45, 2.75) is 13.0 Å². The van der Waals surface area contributed by atoms with E-state index in [0.717, 1.165) is 12.1 Å². The second-order valence-electron chi connectivity index (χ2n) is 4.37. The van der Waals surface area contributed by atoms with Gasteiger partial charge in [0.05, 0.1) is 11.3 Å². The zero-order chi connectivity index (χ0) is 17.7. The summed E-state index contributed by atoms with van der Waals surface area (Å²) < 4.78 is 69.7. The second kappa shape index (κ2) is 7.16. The zero-order valence-electron chi connectivity index (χ0n) is 11.8. The van der Waals surface area contributed by atoms with Crippen molar-refractivity contribution in [3.8, 4) is 11.5 Å². The average Bonchev–Trinajstić information content (AvgIpc) is 2.47. The number of benzene rings is 2. The van der Waals surface area contributed by atoms with Crippen molar-refractivity contribution >= 4 is 11.6 Å². The van der Waals surface area contributed by atoms with Gasteiger partial charge in [0, 0.05) is 0 Å². The molecule has 0 radical (unpaired) electrons. The molecule has 0 atom stereocenters. The Kier molecular flexibility index (Phi) is 5.22. The number of anilines is 1. The third-order valence-electron chi connectivity index (χ3n) is 2.71. The minimum Gasteiger partial charge on any atom is -0.434 e. The molecule has 0 spiro atoms. The lowest BCUT2D eigenvalue weighted by Crippen LogP contribution is -2.20. The topological polar surface area (TPSA) is 47.6 Å². The number of carbonyl (C=O) groups excluding carboxylic acids is 1. The molecule has 1 N–H and O–H groups in total. The Balaban J connectivity index is 2.25. The van der Waals surface area contributed by atoms with Crippen LogP contribution in [-0.2, 0) is 0 Å². The number of para-hydroxylation sites is 3. The summed E-state index contributed by atoms with van der Waals surface area (Å²) in [6, 6.07) is 9.94. The van der Waals surface area contributed by atoms with Crippen LogP contribution in [0.2, 0.25) is 0 Å². The third kappa shape index (κ3) is 4.83. The molecule has 0 aliphatic carbocycles. The Bertz CT molecular complexity index is 718. The maximum atomic E-state index is 12.4. The molecule has 0 aliphatic heterocycles. The Labute approximate surface area is 132 Å². The summed E-state index contributed by atoms with van der Waals surface area (Å²) in [6.45, 7) is -3.15. The fourth-order valence-electron chi connectivity index (χ4n) is 1.83. The third-order valence-corrected chi connectivity index (χ3v) is 2.71. The summed E-state index contributed by atoms with van der Waals surface area (Å²) in [5.74, 6) is -1.96. The molecule has 0 heterocycles. The second-order valence-corrected chi connectivity index (χ2v) is 4.37. The molecular weight excluding hydrogens is 337 g/mol. The van der Waals surface area contributed by atoms with Crippen molar-refractivity contribution in [3.05, 3.63) is 54.1 Å². The van der Waals surface area contributed by atoms with Gasteiger partial charge in [-0.15, -0.1) is 13.2 Å². The SMILES string of the molecule is O=C(Nc1ccccc1OC(F)(F)F)c1ccccc1OC(F)F. The average molecular weight is 347 g/mol. The van der Waals surface area contributed by atoms with E-state index in [1.54, 1.807) is 0 Å². The van der Waals surface area contributed by atoms with E-state index in [2.05, 4.69) is 14.8 Å². The molecule has 0 saturated carbocycles. The quantitative estimate of drug-likeness (QED) is 0.814. The molecule has 24 heavy (non-hydrogen) atoms. The van der Waals surface area contributed by atoms with Crippen molar-refractivity contribution < 1.29 is 36.2 Å². The molecule has 2 aromatic carbocycles. The number of amides is 1. The van der Waals surface area contributed by atoms with Crippen LogP contribution < -0.4 is 14.8 Å². The van der Waals surface area contributed by atoms with Gasteiger partial charge < -0.3 is 14.8 Å². The first kappa shape index (κ1) is 17.5. The van der Waals surface area contributed by atoms with Crippen LogP contribution in [0.25, 0.3) is 0 Å². The Hall–Kier alpha value is -2.84. The summed E-state index contributed by atoms with van der Waals surface area (Å²) >= 11 is 0. The van der Waals surface area contributed by atoms with Crippen molar-refractivity contribution in [1.82, 2.24) is 0 Å². The van der Waals surface area contributed by atoms with E-state index >= 15 is 0 Å². The number of alkyl halides is 5. The van der Waals surface area contributed by atoms with Crippen LogP contribution in [0.5, 0.6) is 11.5 Å². The maximum absolute atomic E-state index is 12.4. The number of carbonyl (C=O) groups is 1. The maximum Gasteiger partial charge on any atom is 0.573 e. The van der Waals surface area contributed by atoms with Crippen molar-refractivity contribution in [2.24, 2.45) is 0 Å². The molecule has 0 unspecified atom stereocenters. The molecular formula is C15H10F5NO3. The minimum absolute atomic E-state index is 0.264. The molecule has 9 heteroatoms. The Morgan fingerprint density at radius 2 is 1.54 bits per heavy atom. The van der Waals surface area contributed by atoms with Gasteiger partial charge in [0.1, 0.15) is 5.75 Å².